The van der Waals surface area contributed by atoms with E-state index in [1.165, 1.54) is 21.0 Å². The van der Waals surface area contributed by atoms with Crippen LogP contribution in [0.15, 0.2) is 21.7 Å². The molecule has 0 aliphatic carbocycles. The molecule has 0 radical (unpaired) electrons. The van der Waals surface area contributed by atoms with Crippen molar-refractivity contribution in [1.29, 1.82) is 0 Å². The number of benzene rings is 1. The first-order valence-electron chi connectivity index (χ1n) is 7.93. The highest BCUT2D eigenvalue weighted by Crippen LogP contribution is 2.29. The summed E-state index contributed by atoms with van der Waals surface area (Å²) in [6.07, 6.45) is -2.24. The first-order chi connectivity index (χ1) is 13.5. The van der Waals surface area contributed by atoms with Gasteiger partial charge in [-0.2, -0.15) is 0 Å². The molecule has 1 atom stereocenters. The monoisotopic (exact) mass is 446 g/mol. The number of nitrogens with zero attached hydrogens (tertiary/aromatic N) is 3. The van der Waals surface area contributed by atoms with E-state index in [1.54, 1.807) is 0 Å². The molecule has 1 N–H and O–H groups in total. The molecular weight excluding hydrogens is 431 g/mol. The van der Waals surface area contributed by atoms with Crippen LogP contribution in [-0.4, -0.2) is 38.9 Å². The highest BCUT2D eigenvalue weighted by Gasteiger charge is 2.22. The molecule has 10 nitrogen and oxygen atoms in total. The van der Waals surface area contributed by atoms with Gasteiger partial charge in [-0.25, -0.2) is 23.3 Å². The summed E-state index contributed by atoms with van der Waals surface area (Å²) >= 11 is 10.9. The maximum Gasteiger partial charge on any atom is 0.413 e. The van der Waals surface area contributed by atoms with Crippen LogP contribution < -0.4 is 21.4 Å². The van der Waals surface area contributed by atoms with Crippen molar-refractivity contribution in [3.05, 3.63) is 48.7 Å². The van der Waals surface area contributed by atoms with Gasteiger partial charge in [0, 0.05) is 20.2 Å². The van der Waals surface area contributed by atoms with Gasteiger partial charge in [0.1, 0.15) is 11.6 Å². The van der Waals surface area contributed by atoms with Crippen LogP contribution >= 0.6 is 23.8 Å². The predicted octanol–water partition coefficient (Wildman–Crippen LogP) is 1.05. The smallest absolute Gasteiger partial charge is 0.413 e. The largest absolute Gasteiger partial charge is 0.479 e. The summed E-state index contributed by atoms with van der Waals surface area (Å²) in [6, 6.07) is 1.82. The number of amides is 2. The van der Waals surface area contributed by atoms with E-state index in [9.17, 15) is 23.6 Å². The number of carbonyl (C=O) groups is 2. The maximum absolute atomic E-state index is 14.5. The first kappa shape index (κ1) is 22.3. The van der Waals surface area contributed by atoms with Crippen LogP contribution in [-0.2, 0) is 23.6 Å². The van der Waals surface area contributed by atoms with Crippen molar-refractivity contribution in [1.82, 2.24) is 19.0 Å². The van der Waals surface area contributed by atoms with Crippen molar-refractivity contribution in [3.8, 4) is 11.4 Å². The number of imide groups is 1. The third kappa shape index (κ3) is 4.38. The zero-order valence-corrected chi connectivity index (χ0v) is 17.3. The molecule has 13 heteroatoms. The Kier molecular flexibility index (Phi) is 6.59. The fourth-order valence-electron chi connectivity index (χ4n) is 2.25. The van der Waals surface area contributed by atoms with E-state index in [-0.39, 0.29) is 15.5 Å². The molecule has 1 heterocycles. The topological polar surface area (TPSA) is 114 Å². The molecule has 1 unspecified atom stereocenters. The van der Waals surface area contributed by atoms with Crippen LogP contribution in [0.3, 0.4) is 0 Å². The Morgan fingerprint density at radius 1 is 1.21 bits per heavy atom. The fourth-order valence-corrected chi connectivity index (χ4v) is 2.60. The van der Waals surface area contributed by atoms with E-state index in [0.717, 1.165) is 28.4 Å². The van der Waals surface area contributed by atoms with Gasteiger partial charge in [-0.15, -0.1) is 0 Å². The third-order valence-corrected chi connectivity index (χ3v) is 4.70. The Morgan fingerprint density at radius 3 is 2.28 bits per heavy atom. The molecule has 2 amide bonds. The molecule has 156 valence electrons. The number of rotatable bonds is 4. The van der Waals surface area contributed by atoms with E-state index in [0.29, 0.717) is 4.57 Å². The first-order valence-corrected chi connectivity index (χ1v) is 8.72. The van der Waals surface area contributed by atoms with E-state index in [4.69, 9.17) is 28.6 Å². The Morgan fingerprint density at radius 2 is 1.76 bits per heavy atom. The third-order valence-electron chi connectivity index (χ3n) is 3.86. The number of alkyl carbamates (subject to hydrolysis) is 1. The lowest BCUT2D eigenvalue weighted by atomic mass is 10.2. The summed E-state index contributed by atoms with van der Waals surface area (Å²) < 4.78 is 26.7. The lowest BCUT2D eigenvalue weighted by Gasteiger charge is -2.17. The van der Waals surface area contributed by atoms with Gasteiger partial charge in [0.2, 0.25) is 0 Å². The Labute approximate surface area is 173 Å². The number of ether oxygens (including phenoxy) is 2. The molecule has 0 fully saturated rings. The molecule has 2 rings (SSSR count). The highest BCUT2D eigenvalue weighted by atomic mass is 35.5. The van der Waals surface area contributed by atoms with Gasteiger partial charge in [-0.05, 0) is 25.2 Å². The van der Waals surface area contributed by atoms with Crippen molar-refractivity contribution < 1.29 is 23.5 Å². The van der Waals surface area contributed by atoms with Crippen molar-refractivity contribution >= 4 is 35.8 Å². The molecule has 29 heavy (non-hydrogen) atoms. The zero-order valence-electron chi connectivity index (χ0n) is 15.7. The number of halogens is 2. The van der Waals surface area contributed by atoms with Gasteiger partial charge in [0.05, 0.1) is 17.8 Å². The number of hydrogen-bond donors (Lipinski definition) is 1. The van der Waals surface area contributed by atoms with Crippen molar-refractivity contribution in [3.63, 3.8) is 0 Å². The normalized spacial score (nSPS) is 11.7. The predicted molar refractivity (Wildman–Crippen MR) is 103 cm³/mol. The van der Waals surface area contributed by atoms with Crippen molar-refractivity contribution in [2.24, 2.45) is 14.1 Å². The minimum absolute atomic E-state index is 0.0600. The lowest BCUT2D eigenvalue weighted by Crippen LogP contribution is -2.44. The summed E-state index contributed by atoms with van der Waals surface area (Å²) in [5.41, 5.74) is -2.23. The molecule has 2 aromatic rings. The standard InChI is InChI=1S/C16H16ClFN4O6S/c1-7(12(23)19-13(24)27-4)28-11-6-10(9(18)5-8(11)17)22-14(25)20(2)16(29)21(3)15(22)26/h5-7H,1-4H3,(H,19,23,24). The molecule has 0 saturated carbocycles. The van der Waals surface area contributed by atoms with Gasteiger partial charge in [-0.3, -0.25) is 19.2 Å². The van der Waals surface area contributed by atoms with Crippen LogP contribution in [0.4, 0.5) is 9.18 Å². The quantitative estimate of drug-likeness (QED) is 0.698. The Hall–Kier alpha value is -2.99. The summed E-state index contributed by atoms with van der Waals surface area (Å²) in [5, 5.41) is 1.68. The molecule has 0 spiro atoms. The minimum atomic E-state index is -1.24. The van der Waals surface area contributed by atoms with Crippen molar-refractivity contribution in [2.75, 3.05) is 7.11 Å². The molecule has 0 saturated heterocycles. The molecular formula is C16H16ClFN4O6S. The second-order valence-electron chi connectivity index (χ2n) is 5.78. The highest BCUT2D eigenvalue weighted by molar-refractivity contribution is 7.71. The molecule has 0 aliphatic rings. The lowest BCUT2D eigenvalue weighted by molar-refractivity contribution is -0.126. The van der Waals surface area contributed by atoms with Gasteiger partial charge in [0.25, 0.3) is 5.91 Å². The molecule has 1 aromatic carbocycles. The van der Waals surface area contributed by atoms with Crippen LogP contribution in [0.25, 0.3) is 5.69 Å². The molecule has 1 aromatic heterocycles. The fraction of sp³-hybridized carbons (Fsp3) is 0.312. The van der Waals surface area contributed by atoms with Gasteiger partial charge >= 0.3 is 17.5 Å². The summed E-state index contributed by atoms with van der Waals surface area (Å²) in [5.74, 6) is -2.03. The summed E-state index contributed by atoms with van der Waals surface area (Å²) in [4.78, 5) is 48.0. The van der Waals surface area contributed by atoms with Crippen molar-refractivity contribution in [2.45, 2.75) is 13.0 Å². The van der Waals surface area contributed by atoms with Crippen LogP contribution in [0, 0.1) is 10.6 Å². The van der Waals surface area contributed by atoms with E-state index >= 15 is 0 Å². The van der Waals surface area contributed by atoms with E-state index in [2.05, 4.69) is 4.74 Å². The SMILES string of the molecule is COC(=O)NC(=O)C(C)Oc1cc(-n2c(=O)n(C)c(=S)n(C)c2=O)c(F)cc1Cl. The second-order valence-corrected chi connectivity index (χ2v) is 6.55. The summed E-state index contributed by atoms with van der Waals surface area (Å²) in [7, 11) is 3.72. The molecule has 0 bridgehead atoms. The number of carbonyl (C=O) groups excluding carboxylic acids is 2. The van der Waals surface area contributed by atoms with E-state index < -0.39 is 41.0 Å². The number of nitrogens with one attached hydrogen (secondary N) is 1. The van der Waals surface area contributed by atoms with Crippen LogP contribution in [0.2, 0.25) is 5.02 Å². The Bertz CT molecular complexity index is 1130. The average molecular weight is 447 g/mol. The van der Waals surface area contributed by atoms with Gasteiger partial charge < -0.3 is 9.47 Å². The Balaban J connectivity index is 2.56. The maximum atomic E-state index is 14.5. The van der Waals surface area contributed by atoms with Gasteiger partial charge in [-0.1, -0.05) is 11.6 Å². The zero-order chi connectivity index (χ0) is 22.0. The van der Waals surface area contributed by atoms with Crippen LogP contribution in [0.1, 0.15) is 6.92 Å². The second kappa shape index (κ2) is 8.57. The van der Waals surface area contributed by atoms with Gasteiger partial charge in [0.15, 0.2) is 10.9 Å². The number of methoxy groups -OCH3 is 1. The van der Waals surface area contributed by atoms with Crippen LogP contribution in [0.5, 0.6) is 5.75 Å². The summed E-state index contributed by atoms with van der Waals surface area (Å²) in [6.45, 7) is 1.30. The number of hydrogen-bond acceptors (Lipinski definition) is 7. The average Bonchev–Trinajstić information content (AvgIpc) is 2.67. The minimum Gasteiger partial charge on any atom is -0.479 e. The number of aromatic nitrogens is 3. The molecule has 0 aliphatic heterocycles. The van der Waals surface area contributed by atoms with E-state index in [1.807, 2.05) is 5.32 Å².